The first kappa shape index (κ1) is 114. The first-order valence-corrected chi connectivity index (χ1v) is 47.0. The summed E-state index contributed by atoms with van der Waals surface area (Å²) in [5.41, 5.74) is 25.1. The van der Waals surface area contributed by atoms with E-state index in [4.69, 9.17) is 83.9 Å². The Bertz CT molecular complexity index is 6400. The van der Waals surface area contributed by atoms with Gasteiger partial charge in [-0.1, -0.05) is 147 Å². The second-order valence-corrected chi connectivity index (χ2v) is 41.1. The van der Waals surface area contributed by atoms with Gasteiger partial charge in [0, 0.05) is 62.4 Å². The Labute approximate surface area is 859 Å². The molecule has 0 aliphatic heterocycles. The molecular formula is C111H136BMnN3NaO24. The fraction of sp³-hybridized carbons (Fsp3) is 0.423. The number of nitrogen functional groups attached to an aromatic ring is 1. The number of nitrogens with two attached hydrogens (primary N) is 1. The molecule has 7 aromatic carbocycles. The molecule has 11 aromatic rings. The molecule has 0 saturated heterocycles. The molecule has 27 nitrogen and oxygen atoms in total. The molecule has 4 aliphatic carbocycles. The summed E-state index contributed by atoms with van der Waals surface area (Å²) in [6, 6.07) is 39.4. The summed E-state index contributed by atoms with van der Waals surface area (Å²) >= 11 is -1.44. The van der Waals surface area contributed by atoms with Gasteiger partial charge in [-0.25, -0.2) is 9.59 Å². The van der Waals surface area contributed by atoms with Crippen LogP contribution in [0.1, 0.15) is 334 Å². The number of benzene rings is 7. The van der Waals surface area contributed by atoms with Crippen LogP contribution in [-0.2, 0) is 72.2 Å². The number of aliphatic hydroxyl groups excluding tert-OH is 1. The van der Waals surface area contributed by atoms with E-state index in [1.165, 1.54) is 141 Å². The van der Waals surface area contributed by atoms with Gasteiger partial charge >= 0.3 is 64.0 Å². The Morgan fingerprint density at radius 1 is 0.362 bits per heavy atom. The van der Waals surface area contributed by atoms with Crippen molar-refractivity contribution < 1.29 is 158 Å². The number of hydrogen-bond acceptors (Lipinski definition) is 23. The van der Waals surface area contributed by atoms with E-state index in [2.05, 4.69) is 165 Å². The predicted molar refractivity (Wildman–Crippen MR) is 535 cm³/mol. The van der Waals surface area contributed by atoms with E-state index in [0.717, 1.165) is 60.8 Å². The predicted octanol–water partition coefficient (Wildman–Crippen LogP) is 20.6. The van der Waals surface area contributed by atoms with Gasteiger partial charge in [0.25, 0.3) is 11.8 Å². The quantitative estimate of drug-likeness (QED) is 0.0197. The van der Waals surface area contributed by atoms with Gasteiger partial charge in [0.1, 0.15) is 86.4 Å². The van der Waals surface area contributed by atoms with E-state index in [-0.39, 0.29) is 129 Å². The molecule has 0 bridgehead atoms. The molecule has 3 radical (unpaired) electrons. The number of aliphatic hydroxyl groups is 1. The minimum absolute atomic E-state index is 0. The van der Waals surface area contributed by atoms with Crippen LogP contribution in [0.2, 0.25) is 0 Å². The van der Waals surface area contributed by atoms with E-state index in [0.29, 0.717) is 97.9 Å². The molecule has 4 aromatic heterocycles. The second kappa shape index (κ2) is 46.0. The molecule has 30 heteroatoms. The normalized spacial score (nSPS) is 15.6. The van der Waals surface area contributed by atoms with Crippen LogP contribution in [-0.4, -0.2) is 123 Å². The third-order valence-electron chi connectivity index (χ3n) is 27.8. The number of ketones is 2. The molecule has 1 unspecified atom stereocenters. The number of nitrogens with one attached hydrogen (secondary N) is 2. The summed E-state index contributed by atoms with van der Waals surface area (Å²) in [4.78, 5) is 74.5. The minimum atomic E-state index is -1.44. The number of methoxy groups -OCH3 is 9. The Morgan fingerprint density at radius 3 is 0.957 bits per heavy atom. The summed E-state index contributed by atoms with van der Waals surface area (Å²) in [6.45, 7) is 44.2. The zero-order valence-electron chi connectivity index (χ0n) is 88.1. The van der Waals surface area contributed by atoms with Gasteiger partial charge in [-0.15, -0.1) is 0 Å². The number of ether oxygens (including phenoxy) is 9. The molecule has 0 saturated carbocycles. The summed E-state index contributed by atoms with van der Waals surface area (Å²) in [5.74, 6) is 1.55. The van der Waals surface area contributed by atoms with Crippen LogP contribution < -0.4 is 88.6 Å². The topological polar surface area (TPSA) is 383 Å². The van der Waals surface area contributed by atoms with Crippen LogP contribution in [0.25, 0.3) is 0 Å². The van der Waals surface area contributed by atoms with Crippen molar-refractivity contribution in [2.45, 2.75) is 246 Å². The third-order valence-corrected chi connectivity index (χ3v) is 27.8. The van der Waals surface area contributed by atoms with Gasteiger partial charge in [-0.2, -0.15) is 0 Å². The van der Waals surface area contributed by atoms with Crippen LogP contribution in [0, 0.1) is 27.7 Å². The van der Waals surface area contributed by atoms with E-state index < -0.39 is 44.7 Å². The number of aryl methyl sites for hydroxylation is 4. The average Bonchev–Trinajstić information content (AvgIpc) is 0.992. The fourth-order valence-electron chi connectivity index (χ4n) is 18.5. The number of carboxylic acids is 2. The number of fused-ring (bicyclic) bond motifs is 4. The Hall–Kier alpha value is -12.0. The zero-order chi connectivity index (χ0) is 103. The first-order valence-electron chi connectivity index (χ1n) is 46.0. The number of carboxylic acid groups (broad SMARTS) is 2. The molecule has 2 amide bonds. The van der Waals surface area contributed by atoms with E-state index in [1.807, 2.05) is 32.9 Å². The molecular weight excluding hydrogens is 1850 g/mol. The number of amides is 2. The van der Waals surface area contributed by atoms with Crippen LogP contribution in [0.3, 0.4) is 0 Å². The molecule has 0 spiro atoms. The molecule has 7 N–H and O–H groups in total. The van der Waals surface area contributed by atoms with Crippen LogP contribution in [0.15, 0.2) is 151 Å². The number of carbonyl (C=O) groups excluding carboxylic acids is 4. The van der Waals surface area contributed by atoms with Crippen molar-refractivity contribution in [1.29, 1.82) is 0 Å². The van der Waals surface area contributed by atoms with Crippen molar-refractivity contribution in [1.82, 2.24) is 0 Å². The Morgan fingerprint density at radius 2 is 0.631 bits per heavy atom. The van der Waals surface area contributed by atoms with E-state index in [9.17, 15) is 33.9 Å². The second-order valence-electron chi connectivity index (χ2n) is 40.9. The van der Waals surface area contributed by atoms with Gasteiger partial charge in [-0.3, -0.25) is 19.2 Å². The summed E-state index contributed by atoms with van der Waals surface area (Å²) in [7, 11) is 13.7. The SMILES string of the molecule is COc1cc(OC)c(N)c(OC)c1.COc1cc(OC)c(NC(=O)c2ccc(C(=O)c3cc4c(cc3C)C(C)(C)CCC4(C)C)o2)c(OC)c1.COc1cc(OC)c(NC(=O)c2ccc(C(O)c3cc4c(cc3C)C(C)(C)CCC4(C)C)o2)c(OC)c1.Cc1cc2c(cc1C(=O)c1ccc(C(=O)O)o1)C(C)(C)CCC2(C)C.Cc1cc2c(cc1Cc1ccc(C(=O)O)o1)C(C)(C)CCC2(C)C.[B].[H-].[Na+].[O]=[Mn]=[O]. The Kier molecular flexibility index (Phi) is 37.2. The number of aromatic carboxylic acids is 2. The number of anilines is 3. The maximum absolute atomic E-state index is 13.5. The monoisotopic (exact) mass is 1980 g/mol. The fourth-order valence-corrected chi connectivity index (χ4v) is 18.5. The molecule has 1 atom stereocenters. The van der Waals surface area contributed by atoms with Crippen molar-refractivity contribution in [2.24, 2.45) is 0 Å². The van der Waals surface area contributed by atoms with Gasteiger partial charge in [0.05, 0.1) is 64.0 Å². The van der Waals surface area contributed by atoms with Crippen molar-refractivity contribution in [3.63, 3.8) is 0 Å². The Balaban J connectivity index is 0.000000246. The third kappa shape index (κ3) is 25.6. The van der Waals surface area contributed by atoms with Crippen molar-refractivity contribution in [2.75, 3.05) is 80.4 Å². The summed E-state index contributed by atoms with van der Waals surface area (Å²) in [6.07, 6.45) is 8.52. The van der Waals surface area contributed by atoms with Crippen LogP contribution in [0.5, 0.6) is 51.7 Å². The number of furan rings is 4. The number of rotatable bonds is 23. The number of hydrogen-bond donors (Lipinski definition) is 6. The zero-order valence-corrected chi connectivity index (χ0v) is 90.3. The van der Waals surface area contributed by atoms with Crippen molar-refractivity contribution in [3.05, 3.63) is 269 Å². The van der Waals surface area contributed by atoms with Gasteiger partial charge in [-0.05, 0) is 261 Å². The standard InChI is InChI=1S/C30H37NO6.C30H35NO6.C21H24O4.C21H26O3.C9H13NO3.B.Mn.Na.2O.H/c2*1-17-13-20-21(30(4,5)12-11-29(20,2)3)16-19(17)27(32)22-9-10-23(37-22)28(33)31-26-24(35-7)14-18(34-6)15-25(26)36-8;1-12-10-14-15(21(4,5)9-8-20(14,2)3)11-13(12)18(22)16-6-7-17(25-16)19(23)24;1-13-10-16-17(21(4,5)9-8-20(16,2)3)12-14(13)11-15-6-7-18(24-15)19(22)23;1-11-6-4-7(12-2)9(10)8(5-6)13-3;;;;;;/h9-10,13-16,27,32H,11-12H2,1-8H3,(H,31,33);9-10,13-16H,11-12H2,1-8H3,(H,31,33);6-7,10-11H,8-9H2,1-5H3,(H,23,24);6-7,10,12H,8-9,11H2,1-5H3,(H,22,23);4-5H,10H2,1-3H3;;;;;;/q;;;;;;;+1;;;-1. The van der Waals surface area contributed by atoms with Crippen molar-refractivity contribution >= 4 is 60.8 Å². The average molecular weight is 1990 g/mol. The first-order chi connectivity index (χ1) is 65.1. The van der Waals surface area contributed by atoms with E-state index in [1.54, 1.807) is 75.9 Å². The molecule has 15 rings (SSSR count). The summed E-state index contributed by atoms with van der Waals surface area (Å²) < 4.78 is 86.3. The molecule has 4 aliphatic rings. The molecule has 4 heterocycles. The van der Waals surface area contributed by atoms with Crippen LogP contribution in [0.4, 0.5) is 17.1 Å². The van der Waals surface area contributed by atoms with Gasteiger partial charge in [0.2, 0.25) is 23.1 Å². The van der Waals surface area contributed by atoms with E-state index >= 15 is 0 Å². The van der Waals surface area contributed by atoms with Gasteiger partial charge < -0.3 is 93.4 Å². The maximum atomic E-state index is 13.5. The van der Waals surface area contributed by atoms with Crippen LogP contribution >= 0.6 is 0 Å². The molecule has 141 heavy (non-hydrogen) atoms. The van der Waals surface area contributed by atoms with Gasteiger partial charge in [0.15, 0.2) is 23.0 Å². The molecule has 750 valence electrons. The van der Waals surface area contributed by atoms with Crippen molar-refractivity contribution in [3.8, 4) is 51.7 Å². The molecule has 0 fully saturated rings. The number of carbonyl (C=O) groups is 6. The summed E-state index contributed by atoms with van der Waals surface area (Å²) in [5, 5.41) is 34.9.